The van der Waals surface area contributed by atoms with Gasteiger partial charge in [-0.25, -0.2) is 4.79 Å². The molecule has 3 rings (SSSR count). The van der Waals surface area contributed by atoms with E-state index in [1.165, 1.54) is 12.1 Å². The summed E-state index contributed by atoms with van der Waals surface area (Å²) < 4.78 is 5.66. The minimum absolute atomic E-state index is 0.0236. The van der Waals surface area contributed by atoms with Gasteiger partial charge in [0.1, 0.15) is 18.4 Å². The average Bonchev–Trinajstić information content (AvgIpc) is 3.29. The monoisotopic (exact) mass is 543 g/mol. The Hall–Kier alpha value is -3.61. The molecule has 1 heterocycles. The third kappa shape index (κ3) is 8.20. The maximum Gasteiger partial charge on any atom is 0.423 e. The number of phenolic OH excluding ortho intramolecular Hbond substituents is 1. The molecule has 0 aliphatic rings. The number of nitrogens with one attached hydrogen (secondary N) is 2. The van der Waals surface area contributed by atoms with Crippen molar-refractivity contribution in [2.45, 2.75) is 45.4 Å². The first-order chi connectivity index (χ1) is 17.6. The summed E-state index contributed by atoms with van der Waals surface area (Å²) in [6.07, 6.45) is -0.532. The summed E-state index contributed by atoms with van der Waals surface area (Å²) in [5.41, 5.74) is 7.42. The van der Waals surface area contributed by atoms with Crippen LogP contribution in [0.2, 0.25) is 0 Å². The van der Waals surface area contributed by atoms with Gasteiger partial charge in [-0.15, -0.1) is 5.10 Å². The van der Waals surface area contributed by atoms with Crippen LogP contribution in [0.4, 0.5) is 9.93 Å². The predicted octanol–water partition coefficient (Wildman–Crippen LogP) is 3.68. The minimum Gasteiger partial charge on any atom is -0.508 e. The first kappa shape index (κ1) is 28.0. The first-order valence-corrected chi connectivity index (χ1v) is 12.8. The van der Waals surface area contributed by atoms with Crippen LogP contribution in [0, 0.1) is 9.87 Å². The minimum atomic E-state index is -1.18. The molecule has 0 fully saturated rings. The number of phenols is 1. The Balaban J connectivity index is 1.90. The van der Waals surface area contributed by atoms with Gasteiger partial charge in [-0.3, -0.25) is 14.7 Å². The fraction of sp³-hybridized carbons (Fsp3) is 0.320. The number of carbonyl (C=O) groups excluding carboxylic acids is 3. The quantitative estimate of drug-likeness (QED) is 0.283. The molecule has 37 heavy (non-hydrogen) atoms. The highest BCUT2D eigenvalue weighted by Crippen LogP contribution is 2.22. The summed E-state index contributed by atoms with van der Waals surface area (Å²) in [4.78, 5) is 40.6. The van der Waals surface area contributed by atoms with E-state index in [-0.39, 0.29) is 33.8 Å². The molecule has 0 spiro atoms. The predicted molar refractivity (Wildman–Crippen MR) is 143 cm³/mol. The number of aromatic hydroxyl groups is 1. The number of carbonyl (C=O) groups is 3. The molecule has 0 unspecified atom stereocenters. The van der Waals surface area contributed by atoms with E-state index in [0.29, 0.717) is 12.0 Å². The summed E-state index contributed by atoms with van der Waals surface area (Å²) >= 11 is 6.01. The Bertz CT molecular complexity index is 1260. The van der Waals surface area contributed by atoms with E-state index >= 15 is 0 Å². The Kier molecular flexibility index (Phi) is 9.89. The van der Waals surface area contributed by atoms with E-state index in [2.05, 4.69) is 15.5 Å². The number of benzene rings is 2. The number of imide groups is 1. The SMILES string of the molecule is CC(C)C[C@H](N)C(=O)N[C@@H](Cc1ccc(O)cc1)C(=O)N(C(=O)OCc1ccccc1)c1n[nH]c(=S)s1. The van der Waals surface area contributed by atoms with Crippen molar-refractivity contribution in [3.63, 3.8) is 0 Å². The number of aromatic amines is 1. The van der Waals surface area contributed by atoms with Crippen LogP contribution in [-0.4, -0.2) is 45.3 Å². The average molecular weight is 544 g/mol. The number of anilines is 1. The largest absolute Gasteiger partial charge is 0.508 e. The van der Waals surface area contributed by atoms with E-state index in [4.69, 9.17) is 22.7 Å². The molecule has 0 saturated heterocycles. The van der Waals surface area contributed by atoms with Gasteiger partial charge in [0.05, 0.1) is 6.04 Å². The zero-order valence-electron chi connectivity index (χ0n) is 20.4. The molecule has 0 radical (unpaired) electrons. The van der Waals surface area contributed by atoms with Gasteiger partial charge in [0, 0.05) is 6.42 Å². The van der Waals surface area contributed by atoms with Gasteiger partial charge in [-0.05, 0) is 47.8 Å². The molecule has 12 heteroatoms. The molecule has 3 aromatic rings. The van der Waals surface area contributed by atoms with Crippen LogP contribution in [0.3, 0.4) is 0 Å². The van der Waals surface area contributed by atoms with Gasteiger partial charge in [0.25, 0.3) is 5.91 Å². The van der Waals surface area contributed by atoms with Crippen LogP contribution >= 0.6 is 23.6 Å². The fourth-order valence-electron chi connectivity index (χ4n) is 3.48. The van der Waals surface area contributed by atoms with Crippen molar-refractivity contribution >= 4 is 46.6 Å². The maximum absolute atomic E-state index is 13.8. The molecule has 2 aromatic carbocycles. The van der Waals surface area contributed by atoms with Crippen LogP contribution < -0.4 is 16.0 Å². The molecule has 2 atom stereocenters. The summed E-state index contributed by atoms with van der Waals surface area (Å²) in [5.74, 6) is -1.09. The van der Waals surface area contributed by atoms with E-state index in [9.17, 15) is 19.5 Å². The summed E-state index contributed by atoms with van der Waals surface area (Å²) in [5, 5.41) is 18.8. The van der Waals surface area contributed by atoms with E-state index in [1.807, 2.05) is 19.9 Å². The van der Waals surface area contributed by atoms with Crippen molar-refractivity contribution in [3.8, 4) is 5.75 Å². The smallest absolute Gasteiger partial charge is 0.423 e. The second-order valence-corrected chi connectivity index (χ2v) is 10.4. The zero-order chi connectivity index (χ0) is 26.9. The second-order valence-electron chi connectivity index (χ2n) is 8.78. The van der Waals surface area contributed by atoms with E-state index < -0.39 is 30.0 Å². The van der Waals surface area contributed by atoms with Crippen LogP contribution in [0.15, 0.2) is 54.6 Å². The lowest BCUT2D eigenvalue weighted by molar-refractivity contribution is -0.128. The Morgan fingerprint density at radius 2 is 1.81 bits per heavy atom. The number of aromatic nitrogens is 2. The van der Waals surface area contributed by atoms with Crippen molar-refractivity contribution in [1.29, 1.82) is 0 Å². The molecule has 0 aliphatic heterocycles. The number of H-pyrrole nitrogens is 1. The molecule has 196 valence electrons. The van der Waals surface area contributed by atoms with Crippen molar-refractivity contribution < 1.29 is 24.2 Å². The summed E-state index contributed by atoms with van der Waals surface area (Å²) in [7, 11) is 0. The van der Waals surface area contributed by atoms with Crippen molar-refractivity contribution in [3.05, 3.63) is 69.7 Å². The Labute approximate surface area is 223 Å². The third-order valence-electron chi connectivity index (χ3n) is 5.28. The highest BCUT2D eigenvalue weighted by molar-refractivity contribution is 7.73. The maximum atomic E-state index is 13.8. The number of nitrogens with zero attached hydrogens (tertiary/aromatic N) is 2. The summed E-state index contributed by atoms with van der Waals surface area (Å²) in [6, 6.07) is 13.1. The van der Waals surface area contributed by atoms with Crippen molar-refractivity contribution in [1.82, 2.24) is 15.5 Å². The molecule has 0 aliphatic carbocycles. The van der Waals surface area contributed by atoms with Gasteiger partial charge in [-0.1, -0.05) is 67.6 Å². The highest BCUT2D eigenvalue weighted by atomic mass is 32.1. The fourth-order valence-corrected chi connectivity index (χ4v) is 4.35. The molecular formula is C25H29N5O5S2. The summed E-state index contributed by atoms with van der Waals surface area (Å²) in [6.45, 7) is 3.79. The lowest BCUT2D eigenvalue weighted by Gasteiger charge is -2.25. The topological polar surface area (TPSA) is 151 Å². The van der Waals surface area contributed by atoms with Gasteiger partial charge < -0.3 is 20.9 Å². The molecule has 0 bridgehead atoms. The lowest BCUT2D eigenvalue weighted by Crippen LogP contribution is -2.55. The van der Waals surface area contributed by atoms with Crippen LogP contribution in [0.25, 0.3) is 0 Å². The normalized spacial score (nSPS) is 12.5. The number of ether oxygens (including phenoxy) is 1. The van der Waals surface area contributed by atoms with Crippen LogP contribution in [-0.2, 0) is 27.4 Å². The highest BCUT2D eigenvalue weighted by Gasteiger charge is 2.35. The van der Waals surface area contributed by atoms with Crippen LogP contribution in [0.5, 0.6) is 5.75 Å². The molecule has 0 saturated carbocycles. The standard InChI is InChI=1S/C25H29N5O5S2/c1-15(2)12-19(26)21(32)27-20(13-16-8-10-18(31)11-9-16)22(33)30(23-28-29-24(36)37-23)25(34)35-14-17-6-4-3-5-7-17/h3-11,15,19-20,31H,12-14,26H2,1-2H3,(H,27,32)(H,29,36)/t19-,20-/m0/s1. The van der Waals surface area contributed by atoms with Gasteiger partial charge in [0.2, 0.25) is 11.0 Å². The Morgan fingerprint density at radius 3 is 2.41 bits per heavy atom. The first-order valence-electron chi connectivity index (χ1n) is 11.6. The Morgan fingerprint density at radius 1 is 1.14 bits per heavy atom. The molecule has 1 aromatic heterocycles. The second kappa shape index (κ2) is 13.1. The molecule has 3 amide bonds. The number of rotatable bonds is 10. The third-order valence-corrected chi connectivity index (χ3v) is 6.35. The molecule has 5 N–H and O–H groups in total. The zero-order valence-corrected chi connectivity index (χ0v) is 22.1. The number of hydrogen-bond acceptors (Lipinski definition) is 9. The van der Waals surface area contributed by atoms with E-state index in [0.717, 1.165) is 21.8 Å². The van der Waals surface area contributed by atoms with Gasteiger partial charge in [-0.2, -0.15) is 4.90 Å². The lowest BCUT2D eigenvalue weighted by atomic mass is 10.0. The van der Waals surface area contributed by atoms with E-state index in [1.54, 1.807) is 36.4 Å². The molecular weight excluding hydrogens is 514 g/mol. The number of amides is 3. The van der Waals surface area contributed by atoms with Crippen molar-refractivity contribution in [2.24, 2.45) is 11.7 Å². The number of nitrogens with two attached hydrogens (primary N) is 1. The van der Waals surface area contributed by atoms with Gasteiger partial charge in [0.15, 0.2) is 3.95 Å². The molecule has 10 nitrogen and oxygen atoms in total. The van der Waals surface area contributed by atoms with Crippen molar-refractivity contribution in [2.75, 3.05) is 4.90 Å². The van der Waals surface area contributed by atoms with Crippen LogP contribution in [0.1, 0.15) is 31.4 Å². The number of hydrogen-bond donors (Lipinski definition) is 4. The van der Waals surface area contributed by atoms with Gasteiger partial charge >= 0.3 is 6.09 Å².